The van der Waals surface area contributed by atoms with Gasteiger partial charge in [-0.05, 0) is 6.92 Å². The molecule has 8 nitrogen and oxygen atoms in total. The van der Waals surface area contributed by atoms with Gasteiger partial charge in [0.25, 0.3) is 0 Å². The third-order valence-corrected chi connectivity index (χ3v) is 1.41. The molecule has 0 amide bonds. The minimum Gasteiger partial charge on any atom is -0.457 e. The molecule has 0 rings (SSSR count). The van der Waals surface area contributed by atoms with Crippen LogP contribution in [0, 0.1) is 0 Å². The lowest BCUT2D eigenvalue weighted by molar-refractivity contribution is -0.168. The van der Waals surface area contributed by atoms with Gasteiger partial charge in [0, 0.05) is 7.11 Å². The molecular formula is C10H14O8. The van der Waals surface area contributed by atoms with E-state index in [2.05, 4.69) is 18.9 Å². The van der Waals surface area contributed by atoms with Gasteiger partial charge in [-0.15, -0.1) is 0 Å². The molecule has 0 spiro atoms. The van der Waals surface area contributed by atoms with Crippen molar-refractivity contribution in [1.29, 1.82) is 0 Å². The van der Waals surface area contributed by atoms with Gasteiger partial charge in [0.2, 0.25) is 0 Å². The van der Waals surface area contributed by atoms with Gasteiger partial charge in [-0.25, -0.2) is 4.79 Å². The van der Waals surface area contributed by atoms with Crippen LogP contribution in [0.1, 0.15) is 13.3 Å². The second kappa shape index (κ2) is 9.11. The fourth-order valence-electron chi connectivity index (χ4n) is 0.708. The van der Waals surface area contributed by atoms with Gasteiger partial charge in [0.15, 0.2) is 19.2 Å². The van der Waals surface area contributed by atoms with E-state index in [1.165, 1.54) is 14.0 Å². The van der Waals surface area contributed by atoms with Crippen LogP contribution in [0.2, 0.25) is 0 Å². The van der Waals surface area contributed by atoms with Crippen LogP contribution >= 0.6 is 0 Å². The maximum absolute atomic E-state index is 11.0. The van der Waals surface area contributed by atoms with Crippen molar-refractivity contribution in [2.24, 2.45) is 0 Å². The predicted molar refractivity (Wildman–Crippen MR) is 55.2 cm³/mol. The van der Waals surface area contributed by atoms with Crippen molar-refractivity contribution in [2.75, 3.05) is 27.1 Å². The van der Waals surface area contributed by atoms with Gasteiger partial charge < -0.3 is 18.9 Å². The van der Waals surface area contributed by atoms with Crippen molar-refractivity contribution < 1.29 is 38.1 Å². The number of hydrogen-bond acceptors (Lipinski definition) is 8. The van der Waals surface area contributed by atoms with Crippen LogP contribution in [-0.4, -0.2) is 50.8 Å². The molecule has 0 aliphatic heterocycles. The Bertz CT molecular complexity index is 322. The molecule has 18 heavy (non-hydrogen) atoms. The fraction of sp³-hybridized carbons (Fsp3) is 0.600. The first kappa shape index (κ1) is 16.0. The molecule has 0 bridgehead atoms. The lowest BCUT2D eigenvalue weighted by Crippen LogP contribution is -2.20. The molecule has 0 radical (unpaired) electrons. The molecule has 0 heterocycles. The largest absolute Gasteiger partial charge is 0.457 e. The standard InChI is InChI=1S/C10H14O8/c1-7(11)4-16-8(12)3-9(13)17-5-10(14)18-6-15-2/h3-6H2,1-2H3. The van der Waals surface area contributed by atoms with Crippen LogP contribution in [0.5, 0.6) is 0 Å². The molecule has 0 unspecified atom stereocenters. The first-order valence-electron chi connectivity index (χ1n) is 4.91. The number of esters is 3. The second-order valence-corrected chi connectivity index (χ2v) is 3.12. The Kier molecular flexibility index (Phi) is 8.12. The molecule has 0 aromatic rings. The summed E-state index contributed by atoms with van der Waals surface area (Å²) < 4.78 is 17.7. The number of ether oxygens (including phenoxy) is 4. The average Bonchev–Trinajstić information content (AvgIpc) is 2.31. The summed E-state index contributed by atoms with van der Waals surface area (Å²) in [4.78, 5) is 43.3. The normalized spacial score (nSPS) is 9.44. The summed E-state index contributed by atoms with van der Waals surface area (Å²) in [7, 11) is 1.32. The van der Waals surface area contributed by atoms with Gasteiger partial charge in [-0.2, -0.15) is 0 Å². The first-order chi connectivity index (χ1) is 8.45. The highest BCUT2D eigenvalue weighted by molar-refractivity contribution is 5.92. The molecule has 0 saturated heterocycles. The fourth-order valence-corrected chi connectivity index (χ4v) is 0.708. The van der Waals surface area contributed by atoms with E-state index in [0.29, 0.717) is 0 Å². The lowest BCUT2D eigenvalue weighted by Gasteiger charge is -2.05. The molecule has 102 valence electrons. The highest BCUT2D eigenvalue weighted by Crippen LogP contribution is 1.92. The zero-order valence-electron chi connectivity index (χ0n) is 10.1. The quantitative estimate of drug-likeness (QED) is 0.242. The van der Waals surface area contributed by atoms with E-state index in [0.717, 1.165) is 0 Å². The Morgan fingerprint density at radius 1 is 0.833 bits per heavy atom. The zero-order chi connectivity index (χ0) is 14.0. The highest BCUT2D eigenvalue weighted by atomic mass is 16.7. The van der Waals surface area contributed by atoms with Crippen LogP contribution in [0.25, 0.3) is 0 Å². The molecule has 8 heteroatoms. The first-order valence-corrected chi connectivity index (χ1v) is 4.91. The smallest absolute Gasteiger partial charge is 0.346 e. The number of methoxy groups -OCH3 is 1. The second-order valence-electron chi connectivity index (χ2n) is 3.12. The van der Waals surface area contributed by atoms with Crippen molar-refractivity contribution in [3.8, 4) is 0 Å². The van der Waals surface area contributed by atoms with Gasteiger partial charge in [-0.3, -0.25) is 14.4 Å². The van der Waals surface area contributed by atoms with Gasteiger partial charge in [-0.1, -0.05) is 0 Å². The van der Waals surface area contributed by atoms with Crippen LogP contribution in [0.4, 0.5) is 0 Å². The Morgan fingerprint density at radius 3 is 1.89 bits per heavy atom. The summed E-state index contributed by atoms with van der Waals surface area (Å²) >= 11 is 0. The summed E-state index contributed by atoms with van der Waals surface area (Å²) in [5.74, 6) is -3.00. The molecule has 0 N–H and O–H groups in total. The number of ketones is 1. The van der Waals surface area contributed by atoms with Crippen LogP contribution in [0.15, 0.2) is 0 Å². The molecular weight excluding hydrogens is 248 g/mol. The Labute approximate surface area is 103 Å². The molecule has 0 aromatic heterocycles. The summed E-state index contributed by atoms with van der Waals surface area (Å²) in [5.41, 5.74) is 0. The SMILES string of the molecule is COCOC(=O)COC(=O)CC(=O)OCC(C)=O. The van der Waals surface area contributed by atoms with Crippen molar-refractivity contribution in [3.05, 3.63) is 0 Å². The van der Waals surface area contributed by atoms with Crippen molar-refractivity contribution in [1.82, 2.24) is 0 Å². The Morgan fingerprint density at radius 2 is 1.39 bits per heavy atom. The predicted octanol–water partition coefficient (Wildman–Crippen LogP) is -0.801. The summed E-state index contributed by atoms with van der Waals surface area (Å²) in [6, 6.07) is 0. The number of carbonyl (C=O) groups excluding carboxylic acids is 4. The van der Waals surface area contributed by atoms with Crippen molar-refractivity contribution in [3.63, 3.8) is 0 Å². The zero-order valence-corrected chi connectivity index (χ0v) is 10.1. The highest BCUT2D eigenvalue weighted by Gasteiger charge is 2.14. The van der Waals surface area contributed by atoms with Crippen LogP contribution in [-0.2, 0) is 38.1 Å². The molecule has 0 aliphatic rings. The molecule has 0 aliphatic carbocycles. The minimum absolute atomic E-state index is 0.253. The number of hydrogen-bond donors (Lipinski definition) is 0. The third-order valence-electron chi connectivity index (χ3n) is 1.41. The van der Waals surface area contributed by atoms with E-state index in [-0.39, 0.29) is 12.6 Å². The topological polar surface area (TPSA) is 105 Å². The molecule has 0 fully saturated rings. The lowest BCUT2D eigenvalue weighted by atomic mass is 10.4. The van der Waals surface area contributed by atoms with E-state index in [1.54, 1.807) is 0 Å². The third kappa shape index (κ3) is 9.28. The maximum atomic E-state index is 11.0. The molecule has 0 aromatic carbocycles. The minimum atomic E-state index is -0.946. The van der Waals surface area contributed by atoms with Gasteiger partial charge >= 0.3 is 17.9 Å². The van der Waals surface area contributed by atoms with E-state index >= 15 is 0 Å². The van der Waals surface area contributed by atoms with Crippen LogP contribution < -0.4 is 0 Å². The van der Waals surface area contributed by atoms with E-state index < -0.39 is 37.5 Å². The van der Waals surface area contributed by atoms with Crippen LogP contribution in [0.3, 0.4) is 0 Å². The Balaban J connectivity index is 3.73. The Hall–Kier alpha value is -1.96. The summed E-state index contributed by atoms with van der Waals surface area (Å²) in [6.45, 7) is -0.0430. The van der Waals surface area contributed by atoms with Crippen molar-refractivity contribution >= 4 is 23.7 Å². The van der Waals surface area contributed by atoms with Gasteiger partial charge in [0.05, 0.1) is 0 Å². The number of carbonyl (C=O) groups is 4. The average molecular weight is 262 g/mol. The molecule has 0 saturated carbocycles. The number of rotatable bonds is 8. The maximum Gasteiger partial charge on any atom is 0.346 e. The molecule has 0 atom stereocenters. The van der Waals surface area contributed by atoms with E-state index in [9.17, 15) is 19.2 Å². The van der Waals surface area contributed by atoms with Crippen molar-refractivity contribution in [2.45, 2.75) is 13.3 Å². The monoisotopic (exact) mass is 262 g/mol. The van der Waals surface area contributed by atoms with E-state index in [4.69, 9.17) is 0 Å². The van der Waals surface area contributed by atoms with E-state index in [1.807, 2.05) is 0 Å². The van der Waals surface area contributed by atoms with Gasteiger partial charge in [0.1, 0.15) is 13.0 Å². The summed E-state index contributed by atoms with van der Waals surface area (Å²) in [6.07, 6.45) is -0.676. The number of Topliss-reactive ketones (excluding diaryl/α,β-unsaturated/α-hetero) is 1. The summed E-state index contributed by atoms with van der Waals surface area (Å²) in [5, 5.41) is 0.